The minimum absolute atomic E-state index is 0.0102. The second-order valence-corrected chi connectivity index (χ2v) is 12.9. The first-order chi connectivity index (χ1) is 19.2. The van der Waals surface area contributed by atoms with Gasteiger partial charge in [-0.05, 0) is 52.0 Å². The molecule has 0 aliphatic carbocycles. The summed E-state index contributed by atoms with van der Waals surface area (Å²) in [6.07, 6.45) is 2.74. The van der Waals surface area contributed by atoms with Crippen molar-refractivity contribution in [3.8, 4) is 16.2 Å². The Balaban J connectivity index is 1.42. The number of aromatic carboxylic acids is 1. The lowest BCUT2D eigenvalue weighted by molar-refractivity contribution is -0.144. The molecule has 212 valence electrons. The molecule has 0 bridgehead atoms. The van der Waals surface area contributed by atoms with E-state index in [4.69, 9.17) is 9.47 Å². The molecule has 9 nitrogen and oxygen atoms in total. The molecule has 2 aromatic carbocycles. The summed E-state index contributed by atoms with van der Waals surface area (Å²) in [6.45, 7) is 3.93. The van der Waals surface area contributed by atoms with E-state index in [0.29, 0.717) is 35.3 Å². The highest BCUT2D eigenvalue weighted by Gasteiger charge is 2.29. The number of nitrogens with one attached hydrogen (secondary N) is 1. The number of carboxylic acids is 1. The van der Waals surface area contributed by atoms with Crippen LogP contribution in [0.3, 0.4) is 0 Å². The van der Waals surface area contributed by atoms with Crippen molar-refractivity contribution < 1.29 is 32.6 Å². The third kappa shape index (κ3) is 7.51. The molecule has 0 spiro atoms. The van der Waals surface area contributed by atoms with Crippen LogP contribution in [0.25, 0.3) is 10.4 Å². The van der Waals surface area contributed by atoms with E-state index < -0.39 is 28.6 Å². The van der Waals surface area contributed by atoms with Crippen molar-refractivity contribution in [2.45, 2.75) is 24.6 Å². The first kappa shape index (κ1) is 29.8. The second-order valence-electron chi connectivity index (χ2n) is 9.11. The van der Waals surface area contributed by atoms with Crippen LogP contribution in [-0.4, -0.2) is 62.1 Å². The number of esters is 1. The fourth-order valence-corrected chi connectivity index (χ4v) is 7.77. The van der Waals surface area contributed by atoms with Crippen molar-refractivity contribution >= 4 is 54.9 Å². The van der Waals surface area contributed by atoms with Gasteiger partial charge in [0.1, 0.15) is 6.61 Å². The largest absolute Gasteiger partial charge is 0.479 e. The number of carboxylic acid groups (broad SMARTS) is 1. The highest BCUT2D eigenvalue weighted by Crippen LogP contribution is 2.46. The maximum absolute atomic E-state index is 12.9. The minimum atomic E-state index is -3.40. The zero-order valence-corrected chi connectivity index (χ0v) is 24.8. The fourth-order valence-electron chi connectivity index (χ4n) is 4.32. The maximum Gasteiger partial charge on any atom is 0.349 e. The van der Waals surface area contributed by atoms with Gasteiger partial charge < -0.3 is 19.9 Å². The van der Waals surface area contributed by atoms with E-state index in [1.54, 1.807) is 4.31 Å². The van der Waals surface area contributed by atoms with Crippen LogP contribution in [0.15, 0.2) is 71.7 Å². The molecular formula is C28H29BrN2O7S2. The Morgan fingerprint density at radius 3 is 2.55 bits per heavy atom. The van der Waals surface area contributed by atoms with E-state index in [0.717, 1.165) is 28.2 Å². The van der Waals surface area contributed by atoms with Crippen molar-refractivity contribution in [3.63, 3.8) is 0 Å². The van der Waals surface area contributed by atoms with Crippen LogP contribution in [0.5, 0.6) is 5.75 Å². The van der Waals surface area contributed by atoms with Gasteiger partial charge in [0.05, 0.1) is 15.1 Å². The molecular weight excluding hydrogens is 620 g/mol. The molecule has 4 rings (SSSR count). The molecule has 2 N–H and O–H groups in total. The number of thiophene rings is 1. The number of carbonyl (C=O) groups is 2. The number of rotatable bonds is 12. The topological polar surface area (TPSA) is 122 Å². The van der Waals surface area contributed by atoms with Crippen LogP contribution in [0.2, 0.25) is 0 Å². The number of benzene rings is 2. The second kappa shape index (κ2) is 13.4. The third-order valence-corrected chi connectivity index (χ3v) is 10.3. The quantitative estimate of drug-likeness (QED) is 0.198. The van der Waals surface area contributed by atoms with Crippen molar-refractivity contribution in [1.82, 2.24) is 4.31 Å². The SMILES string of the molecule is C=CCOC(=O)COc1c(C(=O)O)sc(-c2cccc(NC3CCN(S(=O)(=O)Cc4ccccc4)CC3)c2)c1Br. The molecule has 1 aliphatic heterocycles. The molecule has 0 atom stereocenters. The van der Waals surface area contributed by atoms with E-state index in [1.807, 2.05) is 54.6 Å². The first-order valence-electron chi connectivity index (χ1n) is 12.5. The molecule has 1 aromatic heterocycles. The van der Waals surface area contributed by atoms with Gasteiger partial charge in [-0.2, -0.15) is 0 Å². The molecule has 0 unspecified atom stereocenters. The lowest BCUT2D eigenvalue weighted by Gasteiger charge is -2.32. The third-order valence-electron chi connectivity index (χ3n) is 6.23. The Morgan fingerprint density at radius 2 is 1.88 bits per heavy atom. The highest BCUT2D eigenvalue weighted by molar-refractivity contribution is 9.10. The van der Waals surface area contributed by atoms with E-state index >= 15 is 0 Å². The number of hydrogen-bond acceptors (Lipinski definition) is 8. The van der Waals surface area contributed by atoms with Gasteiger partial charge >= 0.3 is 11.9 Å². The number of ether oxygens (including phenoxy) is 2. The number of nitrogens with zero attached hydrogens (tertiary/aromatic N) is 1. The van der Waals surface area contributed by atoms with Crippen LogP contribution < -0.4 is 10.1 Å². The van der Waals surface area contributed by atoms with Gasteiger partial charge in [-0.3, -0.25) is 0 Å². The van der Waals surface area contributed by atoms with Gasteiger partial charge in [0.25, 0.3) is 0 Å². The Labute approximate surface area is 245 Å². The Kier molecular flexibility index (Phi) is 10.0. The molecule has 0 amide bonds. The zero-order valence-electron chi connectivity index (χ0n) is 21.5. The zero-order chi connectivity index (χ0) is 28.7. The summed E-state index contributed by atoms with van der Waals surface area (Å²) in [5.74, 6) is -1.76. The Morgan fingerprint density at radius 1 is 1.15 bits per heavy atom. The minimum Gasteiger partial charge on any atom is -0.479 e. The van der Waals surface area contributed by atoms with Crippen LogP contribution in [0.1, 0.15) is 28.1 Å². The van der Waals surface area contributed by atoms with Crippen molar-refractivity contribution in [3.05, 3.63) is 82.2 Å². The Hall–Kier alpha value is -3.19. The average molecular weight is 650 g/mol. The van der Waals surface area contributed by atoms with E-state index in [1.165, 1.54) is 6.08 Å². The predicted molar refractivity (Wildman–Crippen MR) is 158 cm³/mol. The summed E-state index contributed by atoms with van der Waals surface area (Å²) < 4.78 is 38.2. The number of sulfonamides is 1. The molecule has 0 saturated carbocycles. The average Bonchev–Trinajstić information content (AvgIpc) is 3.27. The Bertz CT molecular complexity index is 1470. The lowest BCUT2D eigenvalue weighted by Crippen LogP contribution is -2.42. The van der Waals surface area contributed by atoms with Gasteiger partial charge in [0, 0.05) is 24.8 Å². The summed E-state index contributed by atoms with van der Waals surface area (Å²) >= 11 is 4.49. The van der Waals surface area contributed by atoms with E-state index in [-0.39, 0.29) is 29.0 Å². The monoisotopic (exact) mass is 648 g/mol. The standard InChI is InChI=1S/C28H29BrN2O7S2/c1-2-15-37-23(32)17-38-25-24(29)26(39-27(25)28(33)34)20-9-6-10-22(16-20)30-21-11-13-31(14-12-21)40(35,36)18-19-7-4-3-5-8-19/h2-10,16,21,30H,1,11-15,17-18H2,(H,33,34). The van der Waals surface area contributed by atoms with Gasteiger partial charge in [-0.1, -0.05) is 55.1 Å². The van der Waals surface area contributed by atoms with Crippen molar-refractivity contribution in [2.24, 2.45) is 0 Å². The molecule has 1 saturated heterocycles. The van der Waals surface area contributed by atoms with E-state index in [9.17, 15) is 23.1 Å². The summed E-state index contributed by atoms with van der Waals surface area (Å²) in [6, 6.07) is 16.8. The molecule has 3 aromatic rings. The lowest BCUT2D eigenvalue weighted by atomic mass is 10.1. The van der Waals surface area contributed by atoms with Gasteiger partial charge in [0.2, 0.25) is 10.0 Å². The summed E-state index contributed by atoms with van der Waals surface area (Å²) in [7, 11) is -3.40. The summed E-state index contributed by atoms with van der Waals surface area (Å²) in [5, 5.41) is 13.2. The normalized spacial score (nSPS) is 14.4. The molecule has 40 heavy (non-hydrogen) atoms. The van der Waals surface area contributed by atoms with Gasteiger partial charge in [-0.15, -0.1) is 11.3 Å². The number of halogens is 1. The maximum atomic E-state index is 12.9. The molecule has 2 heterocycles. The summed E-state index contributed by atoms with van der Waals surface area (Å²) in [4.78, 5) is 24.3. The highest BCUT2D eigenvalue weighted by atomic mass is 79.9. The predicted octanol–water partition coefficient (Wildman–Crippen LogP) is 5.39. The smallest absolute Gasteiger partial charge is 0.349 e. The van der Waals surface area contributed by atoms with Crippen LogP contribution in [-0.2, 0) is 25.3 Å². The van der Waals surface area contributed by atoms with Crippen molar-refractivity contribution in [2.75, 3.05) is 31.6 Å². The number of carbonyl (C=O) groups excluding carboxylic acids is 1. The summed E-state index contributed by atoms with van der Waals surface area (Å²) in [5.41, 5.74) is 2.36. The van der Waals surface area contributed by atoms with Gasteiger partial charge in [-0.25, -0.2) is 22.3 Å². The number of anilines is 1. The molecule has 1 fully saturated rings. The van der Waals surface area contributed by atoms with Gasteiger partial charge in [0.15, 0.2) is 17.2 Å². The van der Waals surface area contributed by atoms with Crippen LogP contribution >= 0.6 is 27.3 Å². The van der Waals surface area contributed by atoms with Crippen LogP contribution in [0, 0.1) is 0 Å². The first-order valence-corrected chi connectivity index (χ1v) is 15.7. The van der Waals surface area contributed by atoms with E-state index in [2.05, 4.69) is 27.8 Å². The number of hydrogen-bond donors (Lipinski definition) is 2. The molecule has 0 radical (unpaired) electrons. The molecule has 1 aliphatic rings. The number of piperidine rings is 1. The van der Waals surface area contributed by atoms with Crippen molar-refractivity contribution in [1.29, 1.82) is 0 Å². The van der Waals surface area contributed by atoms with Crippen LogP contribution in [0.4, 0.5) is 5.69 Å². The fraction of sp³-hybridized carbons (Fsp3) is 0.286. The molecule has 12 heteroatoms.